The smallest absolute Gasteiger partial charge is 0.150 e. The van der Waals surface area contributed by atoms with Crippen molar-refractivity contribution in [1.82, 2.24) is 10.3 Å². The third-order valence-corrected chi connectivity index (χ3v) is 1.62. The van der Waals surface area contributed by atoms with Gasteiger partial charge in [0, 0.05) is 12.6 Å². The first kappa shape index (κ1) is 9.67. The second kappa shape index (κ2) is 4.57. The number of nitrogens with two attached hydrogens (primary N) is 1. The van der Waals surface area contributed by atoms with Crippen LogP contribution >= 0.6 is 0 Å². The quantitative estimate of drug-likeness (QED) is 0.682. The zero-order valence-corrected chi connectivity index (χ0v) is 7.58. The summed E-state index contributed by atoms with van der Waals surface area (Å²) in [7, 11) is 1.75. The first-order valence-corrected chi connectivity index (χ1v) is 4.09. The molecule has 0 atom stereocenters. The van der Waals surface area contributed by atoms with Crippen molar-refractivity contribution in [2.75, 3.05) is 19.3 Å². The number of nitrogens with one attached hydrogen (secondary N) is 1. The molecule has 0 saturated heterocycles. The summed E-state index contributed by atoms with van der Waals surface area (Å²) in [6.45, 7) is 0.391. The van der Waals surface area contributed by atoms with Gasteiger partial charge in [-0.05, 0) is 24.7 Å². The summed E-state index contributed by atoms with van der Waals surface area (Å²) in [5.74, 6) is 0.600. The van der Waals surface area contributed by atoms with Gasteiger partial charge in [-0.3, -0.25) is 4.79 Å². The van der Waals surface area contributed by atoms with Crippen LogP contribution in [0.3, 0.4) is 0 Å². The molecule has 4 nitrogen and oxygen atoms in total. The number of likely N-dealkylation sites (N-methyl/N-ethyl adjacent to an activating group) is 1. The van der Waals surface area contributed by atoms with Gasteiger partial charge in [0.1, 0.15) is 5.82 Å². The highest BCUT2D eigenvalue weighted by atomic mass is 16.1. The van der Waals surface area contributed by atoms with Crippen molar-refractivity contribution < 1.29 is 4.79 Å². The number of hydrogen-bond donors (Lipinski definition) is 2. The molecule has 0 aliphatic rings. The molecule has 1 heterocycles. The summed E-state index contributed by atoms with van der Waals surface area (Å²) in [6.07, 6.45) is 2.02. The molecule has 0 spiro atoms. The van der Waals surface area contributed by atoms with E-state index in [1.54, 1.807) is 25.4 Å². The predicted octanol–water partition coefficient (Wildman–Crippen LogP) is -0.00520. The maximum atomic E-state index is 11.2. The lowest BCUT2D eigenvalue weighted by atomic mass is 10.1. The van der Waals surface area contributed by atoms with Crippen molar-refractivity contribution in [3.63, 3.8) is 0 Å². The molecule has 0 aliphatic heterocycles. The van der Waals surface area contributed by atoms with Crippen LogP contribution in [-0.2, 0) is 11.2 Å². The lowest BCUT2D eigenvalue weighted by Gasteiger charge is -2.00. The standard InChI is InChI=1S/C9H13N3O/c1-11-6-8(13)4-7-2-3-12-9(10)5-7/h2-3,5,11H,4,6H2,1H3,(H2,10,12). The van der Waals surface area contributed by atoms with Crippen molar-refractivity contribution in [2.24, 2.45) is 0 Å². The Hall–Kier alpha value is -1.42. The van der Waals surface area contributed by atoms with Gasteiger partial charge >= 0.3 is 0 Å². The number of nitrogens with zero attached hydrogens (tertiary/aromatic N) is 1. The van der Waals surface area contributed by atoms with Crippen molar-refractivity contribution in [3.8, 4) is 0 Å². The van der Waals surface area contributed by atoms with Crippen molar-refractivity contribution in [2.45, 2.75) is 6.42 Å². The topological polar surface area (TPSA) is 68.0 Å². The fourth-order valence-corrected chi connectivity index (χ4v) is 1.09. The van der Waals surface area contributed by atoms with Crippen LogP contribution in [0.5, 0.6) is 0 Å². The molecule has 0 saturated carbocycles. The van der Waals surface area contributed by atoms with E-state index in [0.717, 1.165) is 5.56 Å². The number of carbonyl (C=O) groups excluding carboxylic acids is 1. The second-order valence-corrected chi connectivity index (χ2v) is 2.83. The fourth-order valence-electron chi connectivity index (χ4n) is 1.09. The third-order valence-electron chi connectivity index (χ3n) is 1.62. The summed E-state index contributed by atoms with van der Waals surface area (Å²) in [6, 6.07) is 3.51. The summed E-state index contributed by atoms with van der Waals surface area (Å²) in [5, 5.41) is 2.81. The number of aromatic nitrogens is 1. The minimum Gasteiger partial charge on any atom is -0.384 e. The monoisotopic (exact) mass is 179 g/mol. The summed E-state index contributed by atoms with van der Waals surface area (Å²) in [4.78, 5) is 15.0. The second-order valence-electron chi connectivity index (χ2n) is 2.83. The van der Waals surface area contributed by atoms with E-state index in [-0.39, 0.29) is 5.78 Å². The van der Waals surface area contributed by atoms with Crippen LogP contribution in [0, 0.1) is 0 Å². The third kappa shape index (κ3) is 3.21. The van der Waals surface area contributed by atoms with E-state index in [1.165, 1.54) is 0 Å². The van der Waals surface area contributed by atoms with E-state index >= 15 is 0 Å². The molecule has 0 bridgehead atoms. The van der Waals surface area contributed by atoms with Gasteiger partial charge in [0.15, 0.2) is 5.78 Å². The zero-order chi connectivity index (χ0) is 9.68. The lowest BCUT2D eigenvalue weighted by molar-refractivity contribution is -0.117. The summed E-state index contributed by atoms with van der Waals surface area (Å²) in [5.41, 5.74) is 6.38. The average molecular weight is 179 g/mol. The van der Waals surface area contributed by atoms with Crippen molar-refractivity contribution in [1.29, 1.82) is 0 Å². The molecular formula is C9H13N3O. The van der Waals surface area contributed by atoms with Gasteiger partial charge in [0.25, 0.3) is 0 Å². The fraction of sp³-hybridized carbons (Fsp3) is 0.333. The normalized spacial score (nSPS) is 9.92. The van der Waals surface area contributed by atoms with Crippen LogP contribution in [0.1, 0.15) is 5.56 Å². The molecule has 0 radical (unpaired) electrons. The number of Topliss-reactive ketones (excluding diaryl/α,β-unsaturated/α-hetero) is 1. The number of anilines is 1. The van der Waals surface area contributed by atoms with Gasteiger partial charge in [0.05, 0.1) is 6.54 Å². The molecule has 13 heavy (non-hydrogen) atoms. The Bertz CT molecular complexity index is 299. The van der Waals surface area contributed by atoms with Gasteiger partial charge in [-0.2, -0.15) is 0 Å². The van der Waals surface area contributed by atoms with Crippen LogP contribution in [0.4, 0.5) is 5.82 Å². The van der Waals surface area contributed by atoms with E-state index < -0.39 is 0 Å². The molecule has 1 aromatic heterocycles. The Morgan fingerprint density at radius 1 is 1.69 bits per heavy atom. The van der Waals surface area contributed by atoms with Gasteiger partial charge < -0.3 is 11.1 Å². The molecule has 0 amide bonds. The van der Waals surface area contributed by atoms with Gasteiger partial charge in [0.2, 0.25) is 0 Å². The number of hydrogen-bond acceptors (Lipinski definition) is 4. The van der Waals surface area contributed by atoms with Crippen LogP contribution in [0.25, 0.3) is 0 Å². The Morgan fingerprint density at radius 2 is 2.46 bits per heavy atom. The molecular weight excluding hydrogens is 166 g/mol. The Kier molecular flexibility index (Phi) is 3.40. The van der Waals surface area contributed by atoms with Crippen LogP contribution < -0.4 is 11.1 Å². The highest BCUT2D eigenvalue weighted by molar-refractivity contribution is 5.82. The first-order valence-electron chi connectivity index (χ1n) is 4.09. The number of nitrogen functional groups attached to an aromatic ring is 1. The highest BCUT2D eigenvalue weighted by Crippen LogP contribution is 2.03. The Labute approximate surface area is 77.2 Å². The molecule has 1 rings (SSSR count). The molecule has 3 N–H and O–H groups in total. The van der Waals surface area contributed by atoms with Gasteiger partial charge in [-0.15, -0.1) is 0 Å². The minimum absolute atomic E-state index is 0.146. The summed E-state index contributed by atoms with van der Waals surface area (Å²) < 4.78 is 0. The van der Waals surface area contributed by atoms with E-state index in [4.69, 9.17) is 5.73 Å². The SMILES string of the molecule is CNCC(=O)Cc1ccnc(N)c1. The van der Waals surface area contributed by atoms with E-state index in [0.29, 0.717) is 18.8 Å². The maximum absolute atomic E-state index is 11.2. The average Bonchev–Trinajstić information content (AvgIpc) is 2.04. The van der Waals surface area contributed by atoms with E-state index in [2.05, 4.69) is 10.3 Å². The first-order chi connectivity index (χ1) is 6.22. The van der Waals surface area contributed by atoms with Crippen molar-refractivity contribution in [3.05, 3.63) is 23.9 Å². The molecule has 1 aromatic rings. The van der Waals surface area contributed by atoms with Crippen molar-refractivity contribution >= 4 is 11.6 Å². The predicted molar refractivity (Wildman–Crippen MR) is 51.3 cm³/mol. The lowest BCUT2D eigenvalue weighted by Crippen LogP contribution is -2.20. The molecule has 0 aliphatic carbocycles. The zero-order valence-electron chi connectivity index (χ0n) is 7.58. The van der Waals surface area contributed by atoms with E-state index in [9.17, 15) is 4.79 Å². The van der Waals surface area contributed by atoms with Crippen LogP contribution in [0.2, 0.25) is 0 Å². The number of rotatable bonds is 4. The molecule has 0 fully saturated rings. The largest absolute Gasteiger partial charge is 0.384 e. The number of ketones is 1. The Morgan fingerprint density at radius 3 is 3.08 bits per heavy atom. The van der Waals surface area contributed by atoms with Gasteiger partial charge in [-0.1, -0.05) is 0 Å². The van der Waals surface area contributed by atoms with Crippen LogP contribution in [-0.4, -0.2) is 24.4 Å². The van der Waals surface area contributed by atoms with Gasteiger partial charge in [-0.25, -0.2) is 4.98 Å². The van der Waals surface area contributed by atoms with Crippen LogP contribution in [0.15, 0.2) is 18.3 Å². The number of carbonyl (C=O) groups is 1. The molecule has 0 unspecified atom stereocenters. The molecule has 0 aromatic carbocycles. The minimum atomic E-state index is 0.146. The highest BCUT2D eigenvalue weighted by Gasteiger charge is 2.02. The van der Waals surface area contributed by atoms with E-state index in [1.807, 2.05) is 0 Å². The number of pyridine rings is 1. The maximum Gasteiger partial charge on any atom is 0.150 e. The molecule has 4 heteroatoms. The summed E-state index contributed by atoms with van der Waals surface area (Å²) >= 11 is 0. The Balaban J connectivity index is 2.58. The molecule has 70 valence electrons.